The lowest BCUT2D eigenvalue weighted by atomic mass is 10.2. The summed E-state index contributed by atoms with van der Waals surface area (Å²) < 4.78 is 1.87. The van der Waals surface area contributed by atoms with Crippen LogP contribution in [0.3, 0.4) is 0 Å². The summed E-state index contributed by atoms with van der Waals surface area (Å²) in [5.41, 5.74) is 6.58. The molecule has 0 aromatic carbocycles. The van der Waals surface area contributed by atoms with Gasteiger partial charge in [-0.05, 0) is 12.8 Å². The van der Waals surface area contributed by atoms with E-state index in [0.717, 1.165) is 30.9 Å². The molecule has 0 aliphatic carbocycles. The number of hydrogen-bond acceptors (Lipinski definition) is 5. The normalized spacial score (nSPS) is 20.3. The second-order valence-electron chi connectivity index (χ2n) is 4.32. The van der Waals surface area contributed by atoms with Crippen molar-refractivity contribution >= 4 is 17.3 Å². The predicted molar refractivity (Wildman–Crippen MR) is 64.9 cm³/mol. The van der Waals surface area contributed by atoms with Gasteiger partial charge in [0.1, 0.15) is 5.82 Å². The molecule has 1 unspecified atom stereocenters. The highest BCUT2D eigenvalue weighted by molar-refractivity contribution is 5.67. The lowest BCUT2D eigenvalue weighted by Crippen LogP contribution is -2.33. The fraction of sp³-hybridized carbons (Fsp3) is 0.455. The molecule has 1 saturated heterocycles. The molecule has 3 rings (SSSR count). The average Bonchev–Trinajstić information content (AvgIpc) is 2.95. The van der Waals surface area contributed by atoms with E-state index in [1.165, 1.54) is 0 Å². The van der Waals surface area contributed by atoms with Crippen molar-refractivity contribution in [3.63, 3.8) is 0 Å². The molecule has 2 aromatic heterocycles. The van der Waals surface area contributed by atoms with Crippen molar-refractivity contribution in [2.45, 2.75) is 18.9 Å². The van der Waals surface area contributed by atoms with Crippen LogP contribution in [-0.4, -0.2) is 38.7 Å². The van der Waals surface area contributed by atoms with Gasteiger partial charge in [-0.2, -0.15) is 0 Å². The van der Waals surface area contributed by atoms with E-state index < -0.39 is 0 Å². The molecule has 6 heteroatoms. The molecular formula is C11H15N5O. The maximum absolute atomic E-state index is 9.36. The largest absolute Gasteiger partial charge is 0.394 e. The molecule has 1 fully saturated rings. The fourth-order valence-electron chi connectivity index (χ4n) is 2.43. The SMILES string of the molecule is Nc1cn2ccnc2c(N2CCCC2CO)n1. The zero-order chi connectivity index (χ0) is 11.8. The summed E-state index contributed by atoms with van der Waals surface area (Å²) in [6.07, 6.45) is 7.37. The molecule has 6 nitrogen and oxygen atoms in total. The van der Waals surface area contributed by atoms with Crippen LogP contribution in [0.2, 0.25) is 0 Å². The first kappa shape index (κ1) is 10.3. The molecule has 3 heterocycles. The third-order valence-electron chi connectivity index (χ3n) is 3.23. The summed E-state index contributed by atoms with van der Waals surface area (Å²) in [7, 11) is 0. The Kier molecular flexibility index (Phi) is 2.36. The number of aromatic nitrogens is 3. The second kappa shape index (κ2) is 3.89. The number of imidazole rings is 1. The molecule has 0 radical (unpaired) electrons. The second-order valence-corrected chi connectivity index (χ2v) is 4.32. The van der Waals surface area contributed by atoms with Gasteiger partial charge in [-0.25, -0.2) is 9.97 Å². The van der Waals surface area contributed by atoms with Gasteiger partial charge in [0.05, 0.1) is 18.8 Å². The van der Waals surface area contributed by atoms with Crippen LogP contribution in [0.25, 0.3) is 5.65 Å². The first-order valence-electron chi connectivity index (χ1n) is 5.76. The summed E-state index contributed by atoms with van der Waals surface area (Å²) in [4.78, 5) is 10.8. The summed E-state index contributed by atoms with van der Waals surface area (Å²) in [5.74, 6) is 1.24. The van der Waals surface area contributed by atoms with Crippen LogP contribution in [0.15, 0.2) is 18.6 Å². The molecule has 2 aromatic rings. The highest BCUT2D eigenvalue weighted by atomic mass is 16.3. The van der Waals surface area contributed by atoms with E-state index in [9.17, 15) is 5.11 Å². The van der Waals surface area contributed by atoms with Gasteiger partial charge in [0, 0.05) is 18.9 Å². The Labute approximate surface area is 98.7 Å². The molecule has 3 N–H and O–H groups in total. The fourth-order valence-corrected chi connectivity index (χ4v) is 2.43. The molecular weight excluding hydrogens is 218 g/mol. The van der Waals surface area contributed by atoms with E-state index >= 15 is 0 Å². The lowest BCUT2D eigenvalue weighted by molar-refractivity contribution is 0.266. The molecule has 17 heavy (non-hydrogen) atoms. The summed E-state index contributed by atoms with van der Waals surface area (Å²) >= 11 is 0. The van der Waals surface area contributed by atoms with Crippen LogP contribution in [0.5, 0.6) is 0 Å². The Balaban J connectivity index is 2.12. The first-order chi connectivity index (χ1) is 8.29. The van der Waals surface area contributed by atoms with Crippen molar-refractivity contribution in [3.8, 4) is 0 Å². The van der Waals surface area contributed by atoms with Crippen molar-refractivity contribution in [1.82, 2.24) is 14.4 Å². The van der Waals surface area contributed by atoms with Gasteiger partial charge in [0.2, 0.25) is 0 Å². The first-order valence-corrected chi connectivity index (χ1v) is 5.76. The minimum absolute atomic E-state index is 0.129. The summed E-state index contributed by atoms with van der Waals surface area (Å²) in [5, 5.41) is 9.36. The van der Waals surface area contributed by atoms with Gasteiger partial charge in [-0.15, -0.1) is 0 Å². The Morgan fingerprint density at radius 3 is 3.24 bits per heavy atom. The third-order valence-corrected chi connectivity index (χ3v) is 3.23. The maximum Gasteiger partial charge on any atom is 0.180 e. The zero-order valence-corrected chi connectivity index (χ0v) is 9.45. The molecule has 0 saturated carbocycles. The molecule has 0 bridgehead atoms. The van der Waals surface area contributed by atoms with Gasteiger partial charge in [0.25, 0.3) is 0 Å². The molecule has 1 aliphatic rings. The van der Waals surface area contributed by atoms with Crippen LogP contribution in [0.1, 0.15) is 12.8 Å². The number of nitrogen functional groups attached to an aromatic ring is 1. The number of fused-ring (bicyclic) bond motifs is 1. The van der Waals surface area contributed by atoms with Crippen LogP contribution in [0.4, 0.5) is 11.6 Å². The number of rotatable bonds is 2. The monoisotopic (exact) mass is 233 g/mol. The minimum Gasteiger partial charge on any atom is -0.394 e. The van der Waals surface area contributed by atoms with Gasteiger partial charge in [-0.3, -0.25) is 0 Å². The van der Waals surface area contributed by atoms with Gasteiger partial charge in [0.15, 0.2) is 11.5 Å². The number of nitrogens with two attached hydrogens (primary N) is 1. The van der Waals surface area contributed by atoms with Crippen LogP contribution < -0.4 is 10.6 Å². The molecule has 0 spiro atoms. The average molecular weight is 233 g/mol. The quantitative estimate of drug-likeness (QED) is 0.778. The van der Waals surface area contributed by atoms with E-state index in [0.29, 0.717) is 5.82 Å². The minimum atomic E-state index is 0.129. The molecule has 1 atom stereocenters. The lowest BCUT2D eigenvalue weighted by Gasteiger charge is -2.24. The summed E-state index contributed by atoms with van der Waals surface area (Å²) in [6, 6.07) is 0.129. The van der Waals surface area contributed by atoms with Crippen molar-refractivity contribution in [2.24, 2.45) is 0 Å². The highest BCUT2D eigenvalue weighted by Crippen LogP contribution is 2.27. The number of nitrogens with zero attached hydrogens (tertiary/aromatic N) is 4. The zero-order valence-electron chi connectivity index (χ0n) is 9.45. The van der Waals surface area contributed by atoms with Crippen molar-refractivity contribution in [3.05, 3.63) is 18.6 Å². The smallest absolute Gasteiger partial charge is 0.180 e. The number of aliphatic hydroxyl groups excluding tert-OH is 1. The van der Waals surface area contributed by atoms with Crippen LogP contribution in [-0.2, 0) is 0 Å². The van der Waals surface area contributed by atoms with E-state index in [1.54, 1.807) is 12.4 Å². The predicted octanol–water partition coefficient (Wildman–Crippen LogP) is 0.273. The standard InChI is InChI=1S/C11H15N5O/c12-9-6-15-5-3-13-10(15)11(14-9)16-4-1-2-8(16)7-17/h3,5-6,8,17H,1-2,4,7,12H2. The Hall–Kier alpha value is -1.82. The van der Waals surface area contributed by atoms with Crippen molar-refractivity contribution < 1.29 is 5.11 Å². The van der Waals surface area contributed by atoms with E-state index in [4.69, 9.17) is 5.73 Å². The van der Waals surface area contributed by atoms with E-state index in [1.807, 2.05) is 10.6 Å². The van der Waals surface area contributed by atoms with Gasteiger partial charge < -0.3 is 20.1 Å². The number of hydrogen-bond donors (Lipinski definition) is 2. The highest BCUT2D eigenvalue weighted by Gasteiger charge is 2.27. The molecule has 90 valence electrons. The summed E-state index contributed by atoms with van der Waals surface area (Å²) in [6.45, 7) is 1.04. The van der Waals surface area contributed by atoms with E-state index in [2.05, 4.69) is 14.9 Å². The number of aliphatic hydroxyl groups is 1. The third kappa shape index (κ3) is 1.61. The Morgan fingerprint density at radius 2 is 2.41 bits per heavy atom. The van der Waals surface area contributed by atoms with Crippen LogP contribution in [0, 0.1) is 0 Å². The maximum atomic E-state index is 9.36. The molecule has 0 amide bonds. The van der Waals surface area contributed by atoms with Gasteiger partial charge in [-0.1, -0.05) is 0 Å². The Morgan fingerprint density at radius 1 is 1.53 bits per heavy atom. The Bertz CT molecular complexity index is 538. The number of anilines is 2. The molecule has 1 aliphatic heterocycles. The topological polar surface area (TPSA) is 79.7 Å². The van der Waals surface area contributed by atoms with Gasteiger partial charge >= 0.3 is 0 Å². The van der Waals surface area contributed by atoms with E-state index in [-0.39, 0.29) is 12.6 Å². The van der Waals surface area contributed by atoms with Crippen molar-refractivity contribution in [1.29, 1.82) is 0 Å². The van der Waals surface area contributed by atoms with Crippen molar-refractivity contribution in [2.75, 3.05) is 23.8 Å². The van der Waals surface area contributed by atoms with Crippen LogP contribution >= 0.6 is 0 Å².